The van der Waals surface area contributed by atoms with E-state index in [0.29, 0.717) is 5.92 Å². The zero-order chi connectivity index (χ0) is 16.0. The molecule has 0 aromatic carbocycles. The number of hydrogen-bond acceptors (Lipinski definition) is 4. The molecule has 4 nitrogen and oxygen atoms in total. The second-order valence-electron chi connectivity index (χ2n) is 6.95. The number of aromatic nitrogens is 2. The molecule has 1 atom stereocenters. The minimum atomic E-state index is 0.00136. The fourth-order valence-electron chi connectivity index (χ4n) is 2.31. The summed E-state index contributed by atoms with van der Waals surface area (Å²) in [6, 6.07) is 0. The average Bonchev–Trinajstić information content (AvgIpc) is 2.37. The Morgan fingerprint density at radius 1 is 1.14 bits per heavy atom. The van der Waals surface area contributed by atoms with Gasteiger partial charge in [-0.15, -0.1) is 0 Å². The Kier molecular flexibility index (Phi) is 6.75. The summed E-state index contributed by atoms with van der Waals surface area (Å²) >= 11 is 0. The van der Waals surface area contributed by atoms with Crippen LogP contribution in [-0.2, 0) is 16.6 Å². The molecule has 120 valence electrons. The number of nitrogens with zero attached hydrogens (tertiary/aromatic N) is 2. The summed E-state index contributed by atoms with van der Waals surface area (Å²) in [5.74, 6) is 1.50. The maximum absolute atomic E-state index is 5.04. The third-order valence-electron chi connectivity index (χ3n) is 3.62. The van der Waals surface area contributed by atoms with Gasteiger partial charge in [0.1, 0.15) is 5.82 Å². The van der Waals surface area contributed by atoms with Crippen LogP contribution in [0.1, 0.15) is 50.5 Å². The third kappa shape index (κ3) is 5.71. The Morgan fingerprint density at radius 2 is 1.71 bits per heavy atom. The van der Waals surface area contributed by atoms with Crippen LogP contribution < -0.4 is 5.32 Å². The Labute approximate surface area is 129 Å². The second kappa shape index (κ2) is 7.85. The Hall–Kier alpha value is -1.00. The van der Waals surface area contributed by atoms with Gasteiger partial charge in [0.25, 0.3) is 0 Å². The normalized spacial score (nSPS) is 13.5. The number of ether oxygens (including phenoxy) is 1. The van der Waals surface area contributed by atoms with E-state index in [2.05, 4.69) is 46.9 Å². The standard InChI is InChI=1S/C17H31N3O/c1-12(11-18-8-9-21-7)10-15-13(2)19-16(17(4,5)6)20-14(15)3/h12,18H,8-11H2,1-7H3. The molecule has 0 saturated carbocycles. The summed E-state index contributed by atoms with van der Waals surface area (Å²) in [7, 11) is 1.73. The highest BCUT2D eigenvalue weighted by molar-refractivity contribution is 5.26. The van der Waals surface area contributed by atoms with Crippen molar-refractivity contribution in [2.75, 3.05) is 26.8 Å². The molecule has 0 aliphatic carbocycles. The van der Waals surface area contributed by atoms with Gasteiger partial charge in [0, 0.05) is 30.5 Å². The van der Waals surface area contributed by atoms with Crippen LogP contribution in [0.5, 0.6) is 0 Å². The van der Waals surface area contributed by atoms with Crippen molar-refractivity contribution >= 4 is 0 Å². The Morgan fingerprint density at radius 3 is 2.19 bits per heavy atom. The number of aryl methyl sites for hydroxylation is 2. The summed E-state index contributed by atoms with van der Waals surface area (Å²) < 4.78 is 5.04. The highest BCUT2D eigenvalue weighted by Crippen LogP contribution is 2.22. The van der Waals surface area contributed by atoms with E-state index in [0.717, 1.165) is 43.3 Å². The first-order valence-electron chi connectivity index (χ1n) is 7.80. The van der Waals surface area contributed by atoms with Gasteiger partial charge < -0.3 is 10.1 Å². The van der Waals surface area contributed by atoms with Crippen LogP contribution in [0.3, 0.4) is 0 Å². The predicted molar refractivity (Wildman–Crippen MR) is 87.8 cm³/mol. The van der Waals surface area contributed by atoms with Gasteiger partial charge in [-0.05, 0) is 38.3 Å². The van der Waals surface area contributed by atoms with Gasteiger partial charge in [-0.3, -0.25) is 0 Å². The summed E-state index contributed by atoms with van der Waals surface area (Å²) in [5.41, 5.74) is 3.54. The smallest absolute Gasteiger partial charge is 0.134 e. The lowest BCUT2D eigenvalue weighted by Gasteiger charge is -2.21. The predicted octanol–water partition coefficient (Wildman–Crippen LogP) is 2.81. The first kappa shape index (κ1) is 18.1. The summed E-state index contributed by atoms with van der Waals surface area (Å²) in [4.78, 5) is 9.43. The van der Waals surface area contributed by atoms with Crippen LogP contribution in [0.15, 0.2) is 0 Å². The van der Waals surface area contributed by atoms with Crippen molar-refractivity contribution < 1.29 is 4.74 Å². The first-order valence-corrected chi connectivity index (χ1v) is 7.80. The van der Waals surface area contributed by atoms with Gasteiger partial charge in [-0.25, -0.2) is 9.97 Å². The molecular weight excluding hydrogens is 262 g/mol. The molecule has 1 aromatic rings. The number of hydrogen-bond donors (Lipinski definition) is 1. The maximum atomic E-state index is 5.04. The van der Waals surface area contributed by atoms with Gasteiger partial charge in [0.2, 0.25) is 0 Å². The van der Waals surface area contributed by atoms with Crippen LogP contribution in [-0.4, -0.2) is 36.8 Å². The van der Waals surface area contributed by atoms with E-state index < -0.39 is 0 Å². The van der Waals surface area contributed by atoms with Crippen LogP contribution in [0.4, 0.5) is 0 Å². The lowest BCUT2D eigenvalue weighted by Crippen LogP contribution is -2.26. The third-order valence-corrected chi connectivity index (χ3v) is 3.62. The number of rotatable bonds is 7. The van der Waals surface area contributed by atoms with E-state index >= 15 is 0 Å². The van der Waals surface area contributed by atoms with Gasteiger partial charge >= 0.3 is 0 Å². The summed E-state index contributed by atoms with van der Waals surface area (Å²) in [6.45, 7) is 15.6. The molecule has 0 saturated heterocycles. The van der Waals surface area contributed by atoms with Gasteiger partial charge in [0.15, 0.2) is 0 Å². The Balaban J connectivity index is 2.71. The van der Waals surface area contributed by atoms with Gasteiger partial charge in [0.05, 0.1) is 6.61 Å². The fraction of sp³-hybridized carbons (Fsp3) is 0.765. The zero-order valence-corrected chi connectivity index (χ0v) is 14.7. The molecule has 0 aliphatic rings. The molecule has 4 heteroatoms. The van der Waals surface area contributed by atoms with Crippen LogP contribution in [0, 0.1) is 19.8 Å². The topological polar surface area (TPSA) is 47.0 Å². The minimum absolute atomic E-state index is 0.00136. The van der Waals surface area contributed by atoms with Crippen molar-refractivity contribution in [3.05, 3.63) is 22.8 Å². The molecule has 0 aliphatic heterocycles. The average molecular weight is 293 g/mol. The minimum Gasteiger partial charge on any atom is -0.383 e. The molecule has 0 radical (unpaired) electrons. The highest BCUT2D eigenvalue weighted by atomic mass is 16.5. The molecule has 1 aromatic heterocycles. The molecular formula is C17H31N3O. The van der Waals surface area contributed by atoms with E-state index in [9.17, 15) is 0 Å². The fourth-order valence-corrected chi connectivity index (χ4v) is 2.31. The van der Waals surface area contributed by atoms with E-state index in [1.165, 1.54) is 5.56 Å². The van der Waals surface area contributed by atoms with Crippen molar-refractivity contribution in [2.24, 2.45) is 5.92 Å². The summed E-state index contributed by atoms with van der Waals surface area (Å²) in [5, 5.41) is 3.42. The Bertz CT molecular complexity index is 429. The molecule has 0 bridgehead atoms. The summed E-state index contributed by atoms with van der Waals surface area (Å²) in [6.07, 6.45) is 1.02. The maximum Gasteiger partial charge on any atom is 0.134 e. The molecule has 1 heterocycles. The SMILES string of the molecule is COCCNCC(C)Cc1c(C)nc(C(C)(C)C)nc1C. The molecule has 1 rings (SSSR count). The van der Waals surface area contributed by atoms with Crippen molar-refractivity contribution in [1.29, 1.82) is 0 Å². The van der Waals surface area contributed by atoms with Crippen molar-refractivity contribution in [2.45, 2.75) is 53.4 Å². The molecule has 21 heavy (non-hydrogen) atoms. The monoisotopic (exact) mass is 293 g/mol. The highest BCUT2D eigenvalue weighted by Gasteiger charge is 2.20. The van der Waals surface area contributed by atoms with Gasteiger partial charge in [-0.1, -0.05) is 27.7 Å². The molecule has 0 spiro atoms. The zero-order valence-electron chi connectivity index (χ0n) is 14.7. The van der Waals surface area contributed by atoms with E-state index in [4.69, 9.17) is 14.7 Å². The van der Waals surface area contributed by atoms with Crippen LogP contribution in [0.25, 0.3) is 0 Å². The second-order valence-corrected chi connectivity index (χ2v) is 6.95. The quantitative estimate of drug-likeness (QED) is 0.785. The largest absolute Gasteiger partial charge is 0.383 e. The van der Waals surface area contributed by atoms with E-state index in [1.54, 1.807) is 7.11 Å². The molecule has 1 unspecified atom stereocenters. The van der Waals surface area contributed by atoms with Crippen molar-refractivity contribution in [3.8, 4) is 0 Å². The molecule has 0 amide bonds. The van der Waals surface area contributed by atoms with Crippen LogP contribution >= 0.6 is 0 Å². The van der Waals surface area contributed by atoms with Gasteiger partial charge in [-0.2, -0.15) is 0 Å². The van der Waals surface area contributed by atoms with E-state index in [-0.39, 0.29) is 5.41 Å². The number of nitrogens with one attached hydrogen (secondary N) is 1. The number of methoxy groups -OCH3 is 1. The molecule has 1 N–H and O–H groups in total. The first-order chi connectivity index (χ1) is 9.75. The van der Waals surface area contributed by atoms with E-state index in [1.807, 2.05) is 0 Å². The van der Waals surface area contributed by atoms with Crippen molar-refractivity contribution in [1.82, 2.24) is 15.3 Å². The lowest BCUT2D eigenvalue weighted by atomic mass is 9.93. The lowest BCUT2D eigenvalue weighted by molar-refractivity contribution is 0.198. The van der Waals surface area contributed by atoms with Crippen molar-refractivity contribution in [3.63, 3.8) is 0 Å². The molecule has 0 fully saturated rings. The van der Waals surface area contributed by atoms with Crippen LogP contribution in [0.2, 0.25) is 0 Å².